The van der Waals surface area contributed by atoms with Gasteiger partial charge in [0.2, 0.25) is 0 Å². The Kier molecular flexibility index (Phi) is 7.03. The molecule has 0 aliphatic heterocycles. The third-order valence-electron chi connectivity index (χ3n) is 3.26. The van der Waals surface area contributed by atoms with Gasteiger partial charge < -0.3 is 9.73 Å². The van der Waals surface area contributed by atoms with Crippen LogP contribution in [0.15, 0.2) is 22.6 Å². The Hall–Kier alpha value is -1.06. The first-order valence-corrected chi connectivity index (χ1v) is 7.58. The maximum atomic E-state index is 5.84. The lowest BCUT2D eigenvalue weighted by Gasteiger charge is -2.19. The van der Waals surface area contributed by atoms with Crippen molar-refractivity contribution in [3.8, 4) is 0 Å². The lowest BCUT2D eigenvalue weighted by atomic mass is 10.2. The van der Waals surface area contributed by atoms with Crippen LogP contribution in [0, 0.1) is 12.8 Å². The van der Waals surface area contributed by atoms with Gasteiger partial charge in [-0.1, -0.05) is 32.9 Å². The number of nitrogens with zero attached hydrogens (tertiary/aromatic N) is 1. The van der Waals surface area contributed by atoms with Crippen molar-refractivity contribution in [3.05, 3.63) is 35.3 Å². The van der Waals surface area contributed by atoms with Gasteiger partial charge in [-0.05, 0) is 38.9 Å². The smallest absolute Gasteiger partial charge is 0.118 e. The van der Waals surface area contributed by atoms with Crippen molar-refractivity contribution in [2.75, 3.05) is 19.6 Å². The molecule has 0 saturated heterocycles. The molecule has 0 radical (unpaired) electrons. The van der Waals surface area contributed by atoms with Crippen LogP contribution in [0.3, 0.4) is 0 Å². The molecule has 0 aliphatic carbocycles. The van der Waals surface area contributed by atoms with Crippen LogP contribution in [0.2, 0.25) is 0 Å². The molecule has 0 spiro atoms. The van der Waals surface area contributed by atoms with Gasteiger partial charge in [0.1, 0.15) is 11.5 Å². The van der Waals surface area contributed by atoms with Gasteiger partial charge in [0.05, 0.1) is 6.54 Å². The highest BCUT2D eigenvalue weighted by molar-refractivity contribution is 5.21. The number of rotatable bonds is 9. The Morgan fingerprint density at radius 3 is 2.70 bits per heavy atom. The molecule has 3 nitrogen and oxygen atoms in total. The molecule has 20 heavy (non-hydrogen) atoms. The summed E-state index contributed by atoms with van der Waals surface area (Å²) < 4.78 is 5.84. The van der Waals surface area contributed by atoms with E-state index >= 15 is 0 Å². The molecule has 3 heteroatoms. The molecule has 0 unspecified atom stereocenters. The van der Waals surface area contributed by atoms with Crippen LogP contribution in [-0.4, -0.2) is 24.5 Å². The van der Waals surface area contributed by atoms with Crippen LogP contribution in [0.1, 0.15) is 44.8 Å². The number of hydrogen-bond acceptors (Lipinski definition) is 3. The summed E-state index contributed by atoms with van der Waals surface area (Å²) in [4.78, 5) is 2.38. The first kappa shape index (κ1) is 17.0. The van der Waals surface area contributed by atoms with Gasteiger partial charge in [-0.2, -0.15) is 0 Å². The van der Waals surface area contributed by atoms with E-state index in [2.05, 4.69) is 57.5 Å². The molecule has 0 atom stereocenters. The van der Waals surface area contributed by atoms with Crippen molar-refractivity contribution >= 4 is 0 Å². The van der Waals surface area contributed by atoms with Crippen molar-refractivity contribution in [1.29, 1.82) is 0 Å². The van der Waals surface area contributed by atoms with Crippen LogP contribution < -0.4 is 5.32 Å². The predicted molar refractivity (Wildman–Crippen MR) is 85.8 cm³/mol. The molecule has 114 valence electrons. The van der Waals surface area contributed by atoms with Gasteiger partial charge in [0, 0.05) is 18.7 Å². The Morgan fingerprint density at radius 1 is 1.45 bits per heavy atom. The van der Waals surface area contributed by atoms with E-state index in [0.29, 0.717) is 5.92 Å². The fourth-order valence-corrected chi connectivity index (χ4v) is 2.22. The molecule has 0 aliphatic rings. The van der Waals surface area contributed by atoms with Gasteiger partial charge in [-0.3, -0.25) is 4.90 Å². The van der Waals surface area contributed by atoms with E-state index in [1.165, 1.54) is 11.1 Å². The first-order valence-electron chi connectivity index (χ1n) is 7.58. The average molecular weight is 278 g/mol. The van der Waals surface area contributed by atoms with E-state index in [0.717, 1.165) is 44.2 Å². The molecule has 0 aromatic carbocycles. The molecule has 1 aromatic rings. The van der Waals surface area contributed by atoms with Gasteiger partial charge in [0.25, 0.3) is 0 Å². The number of aryl methyl sites for hydroxylation is 1. The second kappa shape index (κ2) is 8.28. The van der Waals surface area contributed by atoms with Gasteiger partial charge in [-0.15, -0.1) is 0 Å². The minimum absolute atomic E-state index is 0.664. The Morgan fingerprint density at radius 2 is 2.15 bits per heavy atom. The molecule has 0 saturated carbocycles. The number of furan rings is 1. The zero-order valence-corrected chi connectivity index (χ0v) is 13.8. The first-order chi connectivity index (χ1) is 9.42. The highest BCUT2D eigenvalue weighted by Gasteiger charge is 2.11. The van der Waals surface area contributed by atoms with E-state index in [9.17, 15) is 0 Å². The van der Waals surface area contributed by atoms with E-state index in [1.807, 2.05) is 0 Å². The quantitative estimate of drug-likeness (QED) is 0.698. The summed E-state index contributed by atoms with van der Waals surface area (Å²) >= 11 is 0. The van der Waals surface area contributed by atoms with E-state index < -0.39 is 0 Å². The minimum atomic E-state index is 0.664. The van der Waals surface area contributed by atoms with Crippen molar-refractivity contribution < 1.29 is 4.42 Å². The number of nitrogens with one attached hydrogen (secondary N) is 1. The number of hydrogen-bond donors (Lipinski definition) is 1. The van der Waals surface area contributed by atoms with Crippen molar-refractivity contribution in [3.63, 3.8) is 0 Å². The van der Waals surface area contributed by atoms with Crippen molar-refractivity contribution in [2.24, 2.45) is 5.92 Å². The fraction of sp³-hybridized carbons (Fsp3) is 0.647. The van der Waals surface area contributed by atoms with Crippen LogP contribution >= 0.6 is 0 Å². The highest BCUT2D eigenvalue weighted by atomic mass is 16.3. The molecule has 0 bridgehead atoms. The zero-order valence-electron chi connectivity index (χ0n) is 13.8. The third-order valence-corrected chi connectivity index (χ3v) is 3.26. The second-order valence-electron chi connectivity index (χ2n) is 6.08. The molecular weight excluding hydrogens is 248 g/mol. The standard InChI is InChI=1S/C17H30N2O/c1-7-19(11-14(4)5)12-16-8-17(20-15(16)6)10-18-9-13(2)3/h8,13,18H,4,7,9-12H2,1-3,5-6H3. The molecule has 1 N–H and O–H groups in total. The summed E-state index contributed by atoms with van der Waals surface area (Å²) in [5, 5.41) is 3.42. The molecule has 0 fully saturated rings. The van der Waals surface area contributed by atoms with Crippen molar-refractivity contribution in [2.45, 2.75) is 47.7 Å². The maximum Gasteiger partial charge on any atom is 0.118 e. The van der Waals surface area contributed by atoms with Crippen LogP contribution in [-0.2, 0) is 13.1 Å². The molecule has 0 amide bonds. The highest BCUT2D eigenvalue weighted by Crippen LogP contribution is 2.17. The average Bonchev–Trinajstić information content (AvgIpc) is 2.68. The van der Waals surface area contributed by atoms with Crippen LogP contribution in [0.25, 0.3) is 0 Å². The molecule has 1 rings (SSSR count). The summed E-state index contributed by atoms with van der Waals surface area (Å²) in [6, 6.07) is 2.18. The topological polar surface area (TPSA) is 28.4 Å². The molecule has 1 aromatic heterocycles. The van der Waals surface area contributed by atoms with Crippen LogP contribution in [0.4, 0.5) is 0 Å². The lowest BCUT2D eigenvalue weighted by molar-refractivity contribution is 0.302. The molecule has 1 heterocycles. The minimum Gasteiger partial charge on any atom is -0.465 e. The second-order valence-corrected chi connectivity index (χ2v) is 6.08. The fourth-order valence-electron chi connectivity index (χ4n) is 2.22. The van der Waals surface area contributed by atoms with Gasteiger partial charge in [0.15, 0.2) is 0 Å². The third kappa shape index (κ3) is 5.93. The Bertz CT molecular complexity index is 421. The lowest BCUT2D eigenvalue weighted by Crippen LogP contribution is -2.24. The molecular formula is C17H30N2O. The van der Waals surface area contributed by atoms with E-state index in [1.54, 1.807) is 0 Å². The van der Waals surface area contributed by atoms with E-state index in [4.69, 9.17) is 4.42 Å². The zero-order chi connectivity index (χ0) is 15.1. The summed E-state index contributed by atoms with van der Waals surface area (Å²) in [6.45, 7) is 19.5. The van der Waals surface area contributed by atoms with Crippen molar-refractivity contribution in [1.82, 2.24) is 10.2 Å². The number of likely N-dealkylation sites (N-methyl/N-ethyl adjacent to an activating group) is 1. The van der Waals surface area contributed by atoms with Crippen LogP contribution in [0.5, 0.6) is 0 Å². The van der Waals surface area contributed by atoms with Gasteiger partial charge >= 0.3 is 0 Å². The summed E-state index contributed by atoms with van der Waals surface area (Å²) in [6.07, 6.45) is 0. The SMILES string of the molecule is C=C(C)CN(CC)Cc1cc(CNCC(C)C)oc1C. The summed E-state index contributed by atoms with van der Waals surface area (Å²) in [5.41, 5.74) is 2.49. The van der Waals surface area contributed by atoms with E-state index in [-0.39, 0.29) is 0 Å². The van der Waals surface area contributed by atoms with Gasteiger partial charge in [-0.25, -0.2) is 0 Å². The largest absolute Gasteiger partial charge is 0.465 e. The normalized spacial score (nSPS) is 11.6. The summed E-state index contributed by atoms with van der Waals surface area (Å²) in [7, 11) is 0. The Balaban J connectivity index is 2.57. The monoisotopic (exact) mass is 278 g/mol. The Labute approximate surface area is 124 Å². The maximum absolute atomic E-state index is 5.84. The summed E-state index contributed by atoms with van der Waals surface area (Å²) in [5.74, 6) is 2.73. The predicted octanol–water partition coefficient (Wildman–Crippen LogP) is 3.73.